The van der Waals surface area contributed by atoms with Crippen molar-refractivity contribution >= 4 is 5.91 Å². The highest BCUT2D eigenvalue weighted by Gasteiger charge is 2.45. The van der Waals surface area contributed by atoms with E-state index >= 15 is 0 Å². The molecule has 0 unspecified atom stereocenters. The van der Waals surface area contributed by atoms with E-state index in [2.05, 4.69) is 33.6 Å². The Morgan fingerprint density at radius 2 is 2.04 bits per heavy atom. The van der Waals surface area contributed by atoms with Crippen LogP contribution >= 0.6 is 0 Å². The summed E-state index contributed by atoms with van der Waals surface area (Å²) in [6, 6.07) is 0.912. The Bertz CT molecular complexity index is 533. The van der Waals surface area contributed by atoms with Gasteiger partial charge < -0.3 is 14.8 Å². The quantitative estimate of drug-likeness (QED) is 0.841. The van der Waals surface area contributed by atoms with E-state index in [9.17, 15) is 4.79 Å². The first-order chi connectivity index (χ1) is 11.2. The maximum Gasteiger partial charge on any atom is 0.223 e. The number of likely N-dealkylation sites (tertiary alicyclic amines) is 1. The van der Waals surface area contributed by atoms with Crippen molar-refractivity contribution in [2.45, 2.75) is 70.5 Å². The van der Waals surface area contributed by atoms with Crippen LogP contribution in [0.25, 0.3) is 0 Å². The molecule has 1 N–H and O–H groups in total. The normalized spacial score (nSPS) is 25.4. The van der Waals surface area contributed by atoms with E-state index in [0.29, 0.717) is 30.3 Å². The first-order valence-corrected chi connectivity index (χ1v) is 9.16. The smallest absolute Gasteiger partial charge is 0.223 e. The number of carbonyl (C=O) groups is 1. The second kappa shape index (κ2) is 7.04. The Hall–Kier alpha value is -1.36. The topological polar surface area (TPSA) is 50.2 Å². The van der Waals surface area contributed by atoms with Crippen LogP contribution in [0.1, 0.15) is 64.1 Å². The summed E-state index contributed by atoms with van der Waals surface area (Å²) in [4.78, 5) is 19.0. The molecular weight excluding hydrogens is 288 g/mol. The van der Waals surface area contributed by atoms with Crippen LogP contribution < -0.4 is 5.32 Å². The number of aromatic nitrogens is 2. The highest BCUT2D eigenvalue weighted by molar-refractivity contribution is 5.78. The molecule has 1 aromatic rings. The van der Waals surface area contributed by atoms with Crippen LogP contribution in [-0.2, 0) is 11.8 Å². The van der Waals surface area contributed by atoms with Crippen molar-refractivity contribution in [2.75, 3.05) is 6.54 Å². The van der Waals surface area contributed by atoms with E-state index < -0.39 is 0 Å². The molecule has 1 amide bonds. The van der Waals surface area contributed by atoms with Gasteiger partial charge in [0.25, 0.3) is 0 Å². The number of piperidine rings is 1. The van der Waals surface area contributed by atoms with Gasteiger partial charge in [0.2, 0.25) is 5.91 Å². The van der Waals surface area contributed by atoms with Gasteiger partial charge in [-0.05, 0) is 31.7 Å². The van der Waals surface area contributed by atoms with Crippen molar-refractivity contribution in [3.8, 4) is 0 Å². The van der Waals surface area contributed by atoms with Crippen molar-refractivity contribution in [1.82, 2.24) is 19.8 Å². The molecule has 0 aromatic carbocycles. The zero-order valence-corrected chi connectivity index (χ0v) is 14.7. The molecule has 0 spiro atoms. The minimum absolute atomic E-state index is 0.130. The minimum atomic E-state index is 0.130. The number of nitrogens with one attached hydrogen (secondary N) is 1. The van der Waals surface area contributed by atoms with Gasteiger partial charge in [0.1, 0.15) is 0 Å². The van der Waals surface area contributed by atoms with E-state index in [-0.39, 0.29) is 6.04 Å². The summed E-state index contributed by atoms with van der Waals surface area (Å²) in [6.07, 6.45) is 10.1. The molecule has 0 bridgehead atoms. The van der Waals surface area contributed by atoms with Crippen LogP contribution in [-0.4, -0.2) is 39.0 Å². The fraction of sp³-hybridized carbons (Fsp3) is 0.778. The lowest BCUT2D eigenvalue weighted by Gasteiger charge is -2.42. The third-order valence-electron chi connectivity index (χ3n) is 5.56. The number of nitrogens with zero attached hydrogens (tertiary/aromatic N) is 3. The highest BCUT2D eigenvalue weighted by Crippen LogP contribution is 2.40. The molecule has 2 heterocycles. The second-order valence-electron chi connectivity index (χ2n) is 7.14. The summed E-state index contributed by atoms with van der Waals surface area (Å²) in [5.41, 5.74) is 1.16. The summed E-state index contributed by atoms with van der Waals surface area (Å²) in [5.74, 6) is 1.04. The van der Waals surface area contributed by atoms with E-state index in [1.165, 1.54) is 12.8 Å². The summed E-state index contributed by atoms with van der Waals surface area (Å²) in [5, 5.41) is 3.79. The summed E-state index contributed by atoms with van der Waals surface area (Å²) in [7, 11) is 2.03. The predicted octanol–water partition coefficient (Wildman–Crippen LogP) is 2.64. The molecule has 5 heteroatoms. The number of rotatable bonds is 7. The number of aryl methyl sites for hydroxylation is 1. The number of hydrogen-bond donors (Lipinski definition) is 1. The molecule has 1 aliphatic heterocycles. The lowest BCUT2D eigenvalue weighted by molar-refractivity contribution is -0.138. The van der Waals surface area contributed by atoms with Crippen LogP contribution in [0.3, 0.4) is 0 Å². The van der Waals surface area contributed by atoms with Crippen LogP contribution in [0.2, 0.25) is 0 Å². The summed E-state index contributed by atoms with van der Waals surface area (Å²) in [6.45, 7) is 5.56. The summed E-state index contributed by atoms with van der Waals surface area (Å²) < 4.78 is 2.07. The van der Waals surface area contributed by atoms with Crippen molar-refractivity contribution in [3.05, 3.63) is 18.2 Å². The molecule has 23 heavy (non-hydrogen) atoms. The Morgan fingerprint density at radius 3 is 2.61 bits per heavy atom. The number of hydrogen-bond acceptors (Lipinski definition) is 3. The fourth-order valence-corrected chi connectivity index (χ4v) is 3.81. The van der Waals surface area contributed by atoms with Gasteiger partial charge >= 0.3 is 0 Å². The van der Waals surface area contributed by atoms with Gasteiger partial charge in [-0.1, -0.05) is 26.7 Å². The van der Waals surface area contributed by atoms with E-state index in [1.54, 1.807) is 0 Å². The third-order valence-corrected chi connectivity index (χ3v) is 5.56. The molecule has 1 aliphatic carbocycles. The fourth-order valence-electron chi connectivity index (χ4n) is 3.81. The highest BCUT2D eigenvalue weighted by atomic mass is 16.2. The molecule has 2 fully saturated rings. The predicted molar refractivity (Wildman–Crippen MR) is 90.9 cm³/mol. The number of carbonyl (C=O) groups excluding carboxylic acids is 1. The zero-order chi connectivity index (χ0) is 16.4. The maximum absolute atomic E-state index is 12.6. The van der Waals surface area contributed by atoms with E-state index in [0.717, 1.165) is 31.5 Å². The lowest BCUT2D eigenvalue weighted by Crippen LogP contribution is -2.52. The average Bonchev–Trinajstić information content (AvgIpc) is 3.30. The first kappa shape index (κ1) is 16.5. The largest absolute Gasteiger partial charge is 0.336 e. The number of imidazole rings is 1. The average molecular weight is 318 g/mol. The van der Waals surface area contributed by atoms with Crippen molar-refractivity contribution < 1.29 is 4.79 Å². The van der Waals surface area contributed by atoms with E-state index in [1.807, 2.05) is 19.6 Å². The van der Waals surface area contributed by atoms with Gasteiger partial charge in [-0.25, -0.2) is 4.98 Å². The Morgan fingerprint density at radius 1 is 1.30 bits per heavy atom. The molecule has 1 saturated heterocycles. The lowest BCUT2D eigenvalue weighted by atomic mass is 9.91. The van der Waals surface area contributed by atoms with Gasteiger partial charge in [-0.3, -0.25) is 4.79 Å². The van der Waals surface area contributed by atoms with Gasteiger partial charge in [0.15, 0.2) is 0 Å². The molecule has 1 saturated carbocycles. The SMILES string of the molecule is CCC(CC)CN[C@@H]1CCC(=O)N(C2CC2)[C@H]1c1cncn1C. The van der Waals surface area contributed by atoms with Crippen LogP contribution in [0.5, 0.6) is 0 Å². The Labute approximate surface area is 139 Å². The van der Waals surface area contributed by atoms with E-state index in [4.69, 9.17) is 0 Å². The van der Waals surface area contributed by atoms with Gasteiger partial charge in [0, 0.05) is 25.6 Å². The van der Waals surface area contributed by atoms with Crippen LogP contribution in [0, 0.1) is 5.92 Å². The van der Waals surface area contributed by atoms with Crippen molar-refractivity contribution in [3.63, 3.8) is 0 Å². The standard InChI is InChI=1S/C18H30N4O/c1-4-13(5-2)10-20-15-8-9-17(23)22(14-6-7-14)18(15)16-11-19-12-21(16)3/h11-15,18,20H,4-10H2,1-3H3/t15-,18-/m1/s1. The molecule has 1 aromatic heterocycles. The van der Waals surface area contributed by atoms with Gasteiger partial charge in [-0.2, -0.15) is 0 Å². The van der Waals surface area contributed by atoms with Crippen LogP contribution in [0.4, 0.5) is 0 Å². The van der Waals surface area contributed by atoms with Crippen LogP contribution in [0.15, 0.2) is 12.5 Å². The van der Waals surface area contributed by atoms with Gasteiger partial charge in [-0.15, -0.1) is 0 Å². The first-order valence-electron chi connectivity index (χ1n) is 9.16. The second-order valence-corrected chi connectivity index (χ2v) is 7.14. The van der Waals surface area contributed by atoms with Crippen molar-refractivity contribution in [2.24, 2.45) is 13.0 Å². The molecule has 0 radical (unpaired) electrons. The molecule has 5 nitrogen and oxygen atoms in total. The van der Waals surface area contributed by atoms with Gasteiger partial charge in [0.05, 0.1) is 24.3 Å². The monoisotopic (exact) mass is 318 g/mol. The minimum Gasteiger partial charge on any atom is -0.336 e. The zero-order valence-electron chi connectivity index (χ0n) is 14.7. The summed E-state index contributed by atoms with van der Waals surface area (Å²) >= 11 is 0. The maximum atomic E-state index is 12.6. The molecule has 2 atom stereocenters. The molecular formula is C18H30N4O. The molecule has 3 rings (SSSR count). The molecule has 2 aliphatic rings. The molecule has 128 valence electrons. The third kappa shape index (κ3) is 3.44. The van der Waals surface area contributed by atoms with Crippen molar-refractivity contribution in [1.29, 1.82) is 0 Å². The Balaban J connectivity index is 1.81. The number of amides is 1. The Kier molecular flexibility index (Phi) is 5.05.